The van der Waals surface area contributed by atoms with E-state index in [2.05, 4.69) is 4.99 Å². The molecule has 6 heteroatoms. The molecule has 0 saturated carbocycles. The first-order valence-electron chi connectivity index (χ1n) is 6.99. The quantitative estimate of drug-likeness (QED) is 0.763. The number of ketones is 1. The summed E-state index contributed by atoms with van der Waals surface area (Å²) in [4.78, 5) is 29.9. The fourth-order valence-electron chi connectivity index (χ4n) is 2.87. The highest BCUT2D eigenvalue weighted by atomic mass is 16.4. The van der Waals surface area contributed by atoms with E-state index in [9.17, 15) is 19.8 Å². The zero-order valence-electron chi connectivity index (χ0n) is 11.4. The Balaban J connectivity index is 2.09. The molecule has 0 bridgehead atoms. The van der Waals surface area contributed by atoms with Crippen molar-refractivity contribution in [3.63, 3.8) is 0 Å². The number of carbonyl (C=O) groups is 2. The highest BCUT2D eigenvalue weighted by molar-refractivity contribution is 6.26. The van der Waals surface area contributed by atoms with Crippen molar-refractivity contribution in [2.45, 2.75) is 25.5 Å². The normalized spacial score (nSPS) is 25.3. The van der Waals surface area contributed by atoms with Gasteiger partial charge in [-0.1, -0.05) is 12.1 Å². The minimum atomic E-state index is -1.34. The summed E-state index contributed by atoms with van der Waals surface area (Å²) < 4.78 is 0. The van der Waals surface area contributed by atoms with Crippen LogP contribution in [-0.4, -0.2) is 45.5 Å². The molecule has 0 radical (unpaired) electrons. The van der Waals surface area contributed by atoms with Crippen LogP contribution in [0.25, 0.3) is 0 Å². The monoisotopic (exact) mass is 288 g/mol. The Morgan fingerprint density at radius 1 is 1.29 bits per heavy atom. The molecule has 2 aliphatic heterocycles. The molecule has 2 atom stereocenters. The molecular weight excluding hydrogens is 272 g/mol. The number of nitrogens with zero attached hydrogens (tertiary/aromatic N) is 2. The average molecular weight is 288 g/mol. The lowest BCUT2D eigenvalue weighted by Gasteiger charge is -2.37. The molecule has 1 fully saturated rings. The minimum absolute atomic E-state index is 0.151. The highest BCUT2D eigenvalue weighted by Gasteiger charge is 2.41. The number of hydrogen-bond acceptors (Lipinski definition) is 5. The summed E-state index contributed by atoms with van der Waals surface area (Å²) in [5.41, 5.74) is 0.785. The van der Waals surface area contributed by atoms with E-state index in [4.69, 9.17) is 0 Å². The molecule has 2 aliphatic rings. The third kappa shape index (κ3) is 2.31. The van der Waals surface area contributed by atoms with Gasteiger partial charge >= 0.3 is 5.97 Å². The number of benzene rings is 1. The first-order valence-corrected chi connectivity index (χ1v) is 6.99. The van der Waals surface area contributed by atoms with Gasteiger partial charge in [0.1, 0.15) is 12.1 Å². The lowest BCUT2D eigenvalue weighted by atomic mass is 9.91. The molecule has 1 aromatic rings. The number of rotatable bonds is 1. The highest BCUT2D eigenvalue weighted by Crippen LogP contribution is 2.31. The Labute approximate surface area is 121 Å². The molecule has 6 nitrogen and oxygen atoms in total. The standard InChI is InChI=1S/C15H16N2O4/c18-11-7-3-4-8-17(11)14-12(15(20)21)13(19)9-5-1-2-6-10(9)16-14/h1-2,5-6,11-12,18H,3-4,7-8H2,(H,20,21). The molecule has 1 aromatic carbocycles. The number of fused-ring (bicyclic) bond motifs is 1. The van der Waals surface area contributed by atoms with Crippen molar-refractivity contribution in [2.75, 3.05) is 6.54 Å². The van der Waals surface area contributed by atoms with Crippen LogP contribution < -0.4 is 0 Å². The molecule has 3 rings (SSSR count). The van der Waals surface area contributed by atoms with E-state index in [0.717, 1.165) is 12.8 Å². The number of aliphatic hydroxyl groups excluding tert-OH is 1. The average Bonchev–Trinajstić information content (AvgIpc) is 2.47. The SMILES string of the molecule is O=C(O)C1C(=O)c2ccccc2N=C1N1CCCCC1O. The lowest BCUT2D eigenvalue weighted by Crippen LogP contribution is -2.51. The van der Waals surface area contributed by atoms with Crippen LogP contribution in [0.1, 0.15) is 29.6 Å². The third-order valence-corrected chi connectivity index (χ3v) is 3.94. The van der Waals surface area contributed by atoms with Gasteiger partial charge in [0.25, 0.3) is 0 Å². The third-order valence-electron chi connectivity index (χ3n) is 3.94. The molecule has 2 N–H and O–H groups in total. The van der Waals surface area contributed by atoms with Gasteiger partial charge in [-0.2, -0.15) is 0 Å². The van der Waals surface area contributed by atoms with Crippen LogP contribution in [0.2, 0.25) is 0 Å². The van der Waals surface area contributed by atoms with E-state index in [1.165, 1.54) is 0 Å². The van der Waals surface area contributed by atoms with Crippen molar-refractivity contribution >= 4 is 23.3 Å². The van der Waals surface area contributed by atoms with Crippen LogP contribution in [0.15, 0.2) is 29.3 Å². The van der Waals surface area contributed by atoms with Crippen molar-refractivity contribution in [3.8, 4) is 0 Å². The maximum atomic E-state index is 12.4. The Morgan fingerprint density at radius 3 is 2.76 bits per heavy atom. The van der Waals surface area contributed by atoms with Gasteiger partial charge in [0.15, 0.2) is 11.7 Å². The summed E-state index contributed by atoms with van der Waals surface area (Å²) in [5, 5.41) is 19.5. The smallest absolute Gasteiger partial charge is 0.322 e. The number of aliphatic hydroxyl groups is 1. The van der Waals surface area contributed by atoms with Crippen LogP contribution in [0, 0.1) is 5.92 Å². The van der Waals surface area contributed by atoms with Crippen molar-refractivity contribution in [1.29, 1.82) is 0 Å². The van der Waals surface area contributed by atoms with Crippen LogP contribution >= 0.6 is 0 Å². The van der Waals surface area contributed by atoms with Crippen molar-refractivity contribution in [3.05, 3.63) is 29.8 Å². The van der Waals surface area contributed by atoms with Gasteiger partial charge in [-0.05, 0) is 31.4 Å². The first kappa shape index (κ1) is 13.8. The molecule has 21 heavy (non-hydrogen) atoms. The number of amidine groups is 1. The number of aliphatic imine (C=N–C) groups is 1. The molecule has 0 amide bonds. The maximum Gasteiger partial charge on any atom is 0.322 e. The van der Waals surface area contributed by atoms with E-state index in [1.54, 1.807) is 29.2 Å². The Kier molecular flexibility index (Phi) is 3.47. The van der Waals surface area contributed by atoms with E-state index >= 15 is 0 Å². The summed E-state index contributed by atoms with van der Waals surface area (Å²) >= 11 is 0. The molecule has 110 valence electrons. The number of Topliss-reactive ketones (excluding diaryl/α,β-unsaturated/α-hetero) is 1. The van der Waals surface area contributed by atoms with Gasteiger partial charge in [0, 0.05) is 12.1 Å². The number of carboxylic acids is 1. The van der Waals surface area contributed by atoms with Crippen molar-refractivity contribution < 1.29 is 19.8 Å². The number of carboxylic acid groups (broad SMARTS) is 1. The first-order chi connectivity index (χ1) is 10.1. The van der Waals surface area contributed by atoms with Gasteiger partial charge in [0.2, 0.25) is 0 Å². The van der Waals surface area contributed by atoms with Crippen molar-refractivity contribution in [2.24, 2.45) is 10.9 Å². The fourth-order valence-corrected chi connectivity index (χ4v) is 2.87. The molecule has 0 spiro atoms. The largest absolute Gasteiger partial charge is 0.480 e. The van der Waals surface area contributed by atoms with Crippen LogP contribution in [0.3, 0.4) is 0 Å². The van der Waals surface area contributed by atoms with Gasteiger partial charge in [-0.25, -0.2) is 4.99 Å². The Morgan fingerprint density at radius 2 is 2.05 bits per heavy atom. The van der Waals surface area contributed by atoms with Crippen LogP contribution in [-0.2, 0) is 4.79 Å². The van der Waals surface area contributed by atoms with E-state index in [1.807, 2.05) is 0 Å². The summed E-state index contributed by atoms with van der Waals surface area (Å²) in [6.07, 6.45) is 1.50. The number of para-hydroxylation sites is 1. The zero-order chi connectivity index (χ0) is 15.0. The summed E-state index contributed by atoms with van der Waals surface area (Å²) in [5.74, 6) is -2.89. The second kappa shape index (κ2) is 5.29. The van der Waals surface area contributed by atoms with Gasteiger partial charge in [0.05, 0.1) is 5.69 Å². The Hall–Kier alpha value is -2.21. The molecule has 0 aliphatic carbocycles. The zero-order valence-corrected chi connectivity index (χ0v) is 11.4. The summed E-state index contributed by atoms with van der Waals surface area (Å²) in [6, 6.07) is 6.70. The topological polar surface area (TPSA) is 90.2 Å². The summed E-state index contributed by atoms with van der Waals surface area (Å²) in [6.45, 7) is 0.513. The summed E-state index contributed by atoms with van der Waals surface area (Å²) in [7, 11) is 0. The number of aliphatic carboxylic acids is 1. The number of likely N-dealkylation sites (tertiary alicyclic amines) is 1. The molecule has 2 unspecified atom stereocenters. The van der Waals surface area contributed by atoms with Crippen molar-refractivity contribution in [1.82, 2.24) is 4.90 Å². The number of piperidine rings is 1. The molecular formula is C15H16N2O4. The van der Waals surface area contributed by atoms with Crippen LogP contribution in [0.4, 0.5) is 5.69 Å². The minimum Gasteiger partial charge on any atom is -0.480 e. The maximum absolute atomic E-state index is 12.4. The molecule has 1 saturated heterocycles. The van der Waals surface area contributed by atoms with Gasteiger partial charge < -0.3 is 15.1 Å². The van der Waals surface area contributed by atoms with E-state index in [-0.39, 0.29) is 5.84 Å². The predicted octanol–water partition coefficient (Wildman–Crippen LogP) is 1.42. The second-order valence-electron chi connectivity index (χ2n) is 5.29. The second-order valence-corrected chi connectivity index (χ2v) is 5.29. The number of hydrogen-bond donors (Lipinski definition) is 2. The lowest BCUT2D eigenvalue weighted by molar-refractivity contribution is -0.138. The predicted molar refractivity (Wildman–Crippen MR) is 75.6 cm³/mol. The molecule has 0 aromatic heterocycles. The van der Waals surface area contributed by atoms with Gasteiger partial charge in [-0.15, -0.1) is 0 Å². The molecule has 2 heterocycles. The number of carbonyl (C=O) groups excluding carboxylic acids is 1. The Bertz CT molecular complexity index is 626. The van der Waals surface area contributed by atoms with Gasteiger partial charge in [-0.3, -0.25) is 9.59 Å². The fraction of sp³-hybridized carbons (Fsp3) is 0.400. The van der Waals surface area contributed by atoms with Crippen LogP contribution in [0.5, 0.6) is 0 Å². The van der Waals surface area contributed by atoms with E-state index < -0.39 is 23.9 Å². The van der Waals surface area contributed by atoms with E-state index in [0.29, 0.717) is 24.2 Å².